The zero-order valence-electron chi connectivity index (χ0n) is 15.6. The number of hydrogen-bond acceptors (Lipinski definition) is 7. The second-order valence-corrected chi connectivity index (χ2v) is 7.00. The molecule has 0 saturated carbocycles. The maximum Gasteiger partial charge on any atom is 0.256 e. The molecule has 1 saturated heterocycles. The van der Waals surface area contributed by atoms with E-state index in [2.05, 4.69) is 19.9 Å². The number of carbonyl (C=O) groups is 1. The lowest BCUT2D eigenvalue weighted by atomic mass is 10.1. The van der Waals surface area contributed by atoms with Gasteiger partial charge in [0.2, 0.25) is 5.91 Å². The fourth-order valence-corrected chi connectivity index (χ4v) is 3.49. The van der Waals surface area contributed by atoms with Gasteiger partial charge in [-0.15, -0.1) is 0 Å². The highest BCUT2D eigenvalue weighted by atomic mass is 16.5. The molecule has 2 aromatic rings. The molecule has 1 atom stereocenters. The van der Waals surface area contributed by atoms with Gasteiger partial charge in [0.25, 0.3) is 5.56 Å². The second-order valence-electron chi connectivity index (χ2n) is 7.00. The van der Waals surface area contributed by atoms with Crippen molar-refractivity contribution in [2.45, 2.75) is 38.3 Å². The number of ether oxygens (including phenoxy) is 2. The minimum atomic E-state index is -0.250. The molecule has 148 valence electrons. The maximum absolute atomic E-state index is 12.5. The van der Waals surface area contributed by atoms with Gasteiger partial charge in [0, 0.05) is 32.0 Å². The quantitative estimate of drug-likeness (QED) is 0.806. The smallest absolute Gasteiger partial charge is 0.256 e. The van der Waals surface area contributed by atoms with Crippen molar-refractivity contribution in [1.29, 1.82) is 0 Å². The number of aromatic nitrogens is 4. The van der Waals surface area contributed by atoms with Gasteiger partial charge in [0.15, 0.2) is 5.82 Å². The van der Waals surface area contributed by atoms with E-state index in [9.17, 15) is 9.59 Å². The normalized spacial score (nSPS) is 19.3. The van der Waals surface area contributed by atoms with Crippen molar-refractivity contribution < 1.29 is 14.3 Å². The molecule has 1 N–H and O–H groups in total. The fraction of sp³-hybridized carbons (Fsp3) is 0.526. The molecule has 2 aliphatic rings. The van der Waals surface area contributed by atoms with Gasteiger partial charge in [0.05, 0.1) is 36.7 Å². The SMILES string of the molecule is O=C(COCC1CCCCO1)N1CCc2nc(-c3cnccn3)[nH]c(=O)c2C1. The zero-order valence-corrected chi connectivity index (χ0v) is 15.6. The number of fused-ring (bicyclic) bond motifs is 1. The van der Waals surface area contributed by atoms with Gasteiger partial charge in [-0.1, -0.05) is 0 Å². The van der Waals surface area contributed by atoms with Gasteiger partial charge >= 0.3 is 0 Å². The van der Waals surface area contributed by atoms with Gasteiger partial charge in [-0.2, -0.15) is 0 Å². The molecular formula is C19H23N5O4. The molecule has 0 bridgehead atoms. The first-order chi connectivity index (χ1) is 13.7. The third kappa shape index (κ3) is 4.26. The Morgan fingerprint density at radius 1 is 1.36 bits per heavy atom. The molecule has 9 nitrogen and oxygen atoms in total. The Bertz CT molecular complexity index is 880. The Hall–Kier alpha value is -2.65. The van der Waals surface area contributed by atoms with E-state index in [1.54, 1.807) is 23.5 Å². The maximum atomic E-state index is 12.5. The van der Waals surface area contributed by atoms with Crippen molar-refractivity contribution in [1.82, 2.24) is 24.8 Å². The van der Waals surface area contributed by atoms with Crippen LogP contribution in [0.5, 0.6) is 0 Å². The molecule has 1 amide bonds. The van der Waals surface area contributed by atoms with Crippen LogP contribution in [-0.4, -0.2) is 63.2 Å². The first kappa shape index (κ1) is 18.7. The van der Waals surface area contributed by atoms with E-state index in [1.165, 1.54) is 0 Å². The summed E-state index contributed by atoms with van der Waals surface area (Å²) in [7, 11) is 0. The number of carbonyl (C=O) groups excluding carboxylic acids is 1. The van der Waals surface area contributed by atoms with Crippen molar-refractivity contribution in [3.05, 3.63) is 40.2 Å². The predicted molar refractivity (Wildman–Crippen MR) is 99.4 cm³/mol. The summed E-state index contributed by atoms with van der Waals surface area (Å²) in [5, 5.41) is 0. The lowest BCUT2D eigenvalue weighted by Gasteiger charge is -2.28. The molecule has 0 spiro atoms. The first-order valence-corrected chi connectivity index (χ1v) is 9.56. The molecule has 0 radical (unpaired) electrons. The van der Waals surface area contributed by atoms with Crippen LogP contribution in [0.15, 0.2) is 23.4 Å². The lowest BCUT2D eigenvalue weighted by Crippen LogP contribution is -2.41. The van der Waals surface area contributed by atoms with Crippen LogP contribution in [0, 0.1) is 0 Å². The van der Waals surface area contributed by atoms with E-state index in [4.69, 9.17) is 9.47 Å². The predicted octanol–water partition coefficient (Wildman–Crippen LogP) is 0.697. The molecule has 28 heavy (non-hydrogen) atoms. The summed E-state index contributed by atoms with van der Waals surface area (Å²) < 4.78 is 11.2. The number of amides is 1. The Kier molecular flexibility index (Phi) is 5.73. The van der Waals surface area contributed by atoms with Gasteiger partial charge in [0.1, 0.15) is 12.3 Å². The van der Waals surface area contributed by atoms with Crippen LogP contribution in [0.1, 0.15) is 30.5 Å². The molecule has 0 aromatic carbocycles. The molecule has 1 unspecified atom stereocenters. The van der Waals surface area contributed by atoms with E-state index < -0.39 is 0 Å². The Labute approximate surface area is 162 Å². The summed E-state index contributed by atoms with van der Waals surface area (Å²) in [5.74, 6) is 0.270. The van der Waals surface area contributed by atoms with Gasteiger partial charge in [-0.3, -0.25) is 14.6 Å². The Balaban J connectivity index is 1.37. The zero-order chi connectivity index (χ0) is 19.3. The third-order valence-electron chi connectivity index (χ3n) is 5.03. The highest BCUT2D eigenvalue weighted by Crippen LogP contribution is 2.17. The van der Waals surface area contributed by atoms with Crippen LogP contribution in [-0.2, 0) is 27.2 Å². The largest absolute Gasteiger partial charge is 0.376 e. The topological polar surface area (TPSA) is 110 Å². The van der Waals surface area contributed by atoms with Crippen LogP contribution >= 0.6 is 0 Å². The van der Waals surface area contributed by atoms with E-state index in [0.717, 1.165) is 25.9 Å². The Morgan fingerprint density at radius 3 is 3.07 bits per heavy atom. The Morgan fingerprint density at radius 2 is 2.29 bits per heavy atom. The fourth-order valence-electron chi connectivity index (χ4n) is 3.49. The lowest BCUT2D eigenvalue weighted by molar-refractivity contribution is -0.139. The molecule has 1 fully saturated rings. The highest BCUT2D eigenvalue weighted by Gasteiger charge is 2.25. The summed E-state index contributed by atoms with van der Waals surface area (Å²) >= 11 is 0. The van der Waals surface area contributed by atoms with Gasteiger partial charge in [-0.05, 0) is 19.3 Å². The van der Waals surface area contributed by atoms with Crippen molar-refractivity contribution in [3.8, 4) is 11.5 Å². The second kappa shape index (κ2) is 8.57. The van der Waals surface area contributed by atoms with Crippen molar-refractivity contribution >= 4 is 5.91 Å². The van der Waals surface area contributed by atoms with E-state index in [1.807, 2.05) is 0 Å². The monoisotopic (exact) mass is 385 g/mol. The number of rotatable bonds is 5. The average Bonchev–Trinajstić information content (AvgIpc) is 2.75. The third-order valence-corrected chi connectivity index (χ3v) is 5.03. The standard InChI is InChI=1S/C19H23N5O4/c25-17(12-27-11-13-3-1-2-8-28-13)24-7-4-15-14(10-24)19(26)23-18(22-15)16-9-20-5-6-21-16/h5-6,9,13H,1-4,7-8,10-12H2,(H,22,23,26). The number of nitrogens with one attached hydrogen (secondary N) is 1. The minimum Gasteiger partial charge on any atom is -0.376 e. The number of H-pyrrole nitrogens is 1. The van der Waals surface area contributed by atoms with Gasteiger partial charge in [-0.25, -0.2) is 9.97 Å². The van der Waals surface area contributed by atoms with Crippen LogP contribution in [0.25, 0.3) is 11.5 Å². The number of nitrogens with zero attached hydrogens (tertiary/aromatic N) is 4. The molecule has 4 rings (SSSR count). The van der Waals surface area contributed by atoms with Crippen LogP contribution in [0.2, 0.25) is 0 Å². The van der Waals surface area contributed by atoms with E-state index in [-0.39, 0.29) is 30.7 Å². The van der Waals surface area contributed by atoms with Crippen molar-refractivity contribution in [3.63, 3.8) is 0 Å². The van der Waals surface area contributed by atoms with Crippen molar-refractivity contribution in [2.24, 2.45) is 0 Å². The van der Waals surface area contributed by atoms with Crippen LogP contribution in [0.4, 0.5) is 0 Å². The molecule has 4 heterocycles. The summed E-state index contributed by atoms with van der Waals surface area (Å²) in [6, 6.07) is 0. The molecular weight excluding hydrogens is 362 g/mol. The van der Waals surface area contributed by atoms with Gasteiger partial charge < -0.3 is 19.4 Å². The number of aromatic amines is 1. The average molecular weight is 385 g/mol. The summed E-state index contributed by atoms with van der Waals surface area (Å²) in [5.41, 5.74) is 1.48. The number of hydrogen-bond donors (Lipinski definition) is 1. The molecule has 2 aromatic heterocycles. The summed E-state index contributed by atoms with van der Waals surface area (Å²) in [4.78, 5) is 42.0. The van der Waals surface area contributed by atoms with Crippen molar-refractivity contribution in [2.75, 3.05) is 26.4 Å². The molecule has 9 heteroatoms. The van der Waals surface area contributed by atoms with E-state index >= 15 is 0 Å². The highest BCUT2D eigenvalue weighted by molar-refractivity contribution is 5.77. The first-order valence-electron chi connectivity index (χ1n) is 9.56. The molecule has 2 aliphatic heterocycles. The van der Waals surface area contributed by atoms with E-state index in [0.29, 0.717) is 42.3 Å². The summed E-state index contributed by atoms with van der Waals surface area (Å²) in [6.45, 7) is 1.93. The minimum absolute atomic E-state index is 0.00177. The molecule has 0 aliphatic carbocycles. The summed E-state index contributed by atoms with van der Waals surface area (Å²) in [6.07, 6.45) is 8.46. The van der Waals surface area contributed by atoms with Crippen LogP contribution in [0.3, 0.4) is 0 Å². The van der Waals surface area contributed by atoms with Crippen LogP contribution < -0.4 is 5.56 Å².